The van der Waals surface area contributed by atoms with Crippen molar-refractivity contribution in [2.24, 2.45) is 0 Å². The summed E-state index contributed by atoms with van der Waals surface area (Å²) in [6.45, 7) is 14.0. The van der Waals surface area contributed by atoms with Crippen LogP contribution in [0.3, 0.4) is 0 Å². The standard InChI is InChI=1S/C70H50/c1-39-19-23-41(24-20-39)61-51-15-7-8-16-52(51)62(42-25-21-40(2)22-26-42)68-56-36-34-54-64-46(44-28-30-50-48-14-10-12-18-58(48)70(5,6)60(50)38-44)32-31-45(63(64)53-33-35-55(67(61)68)66(56)65(53)54)43-27-29-49-47-13-9-11-17-57(47)69(3,4)59(49)37-43/h7-38H,1-6H3. The first-order chi connectivity index (χ1) is 34.1. The monoisotopic (exact) mass is 890 g/mol. The van der Waals surface area contributed by atoms with Gasteiger partial charge in [-0.05, 0) is 181 Å². The molecule has 4 aliphatic rings. The van der Waals surface area contributed by atoms with Crippen molar-refractivity contribution >= 4 is 21.5 Å². The van der Waals surface area contributed by atoms with Gasteiger partial charge in [0.25, 0.3) is 0 Å². The average molecular weight is 891 g/mol. The summed E-state index contributed by atoms with van der Waals surface area (Å²) in [6, 6.07) is 75.0. The van der Waals surface area contributed by atoms with Crippen molar-refractivity contribution in [2.45, 2.75) is 52.4 Å². The van der Waals surface area contributed by atoms with Gasteiger partial charge in [-0.1, -0.05) is 221 Å². The molecule has 0 radical (unpaired) electrons. The molecule has 0 saturated heterocycles. The molecule has 15 rings (SSSR count). The molecular weight excluding hydrogens is 841 g/mol. The first kappa shape index (κ1) is 39.9. The summed E-state index contributed by atoms with van der Waals surface area (Å²) in [6.07, 6.45) is 0. The van der Waals surface area contributed by atoms with E-state index in [0.717, 1.165) is 0 Å². The van der Waals surface area contributed by atoms with Gasteiger partial charge in [-0.2, -0.15) is 0 Å². The average Bonchev–Trinajstić information content (AvgIpc) is 4.05. The van der Waals surface area contributed by atoms with E-state index in [0.29, 0.717) is 0 Å². The highest BCUT2D eigenvalue weighted by Crippen LogP contribution is 2.64. The molecule has 0 saturated carbocycles. The molecule has 330 valence electrons. The lowest BCUT2D eigenvalue weighted by molar-refractivity contribution is 0.660. The number of aryl methyl sites for hydroxylation is 2. The highest BCUT2D eigenvalue weighted by molar-refractivity contribution is 6.33. The van der Waals surface area contributed by atoms with E-state index in [1.165, 1.54) is 166 Å². The minimum Gasteiger partial charge on any atom is -0.0619 e. The van der Waals surface area contributed by atoms with Crippen LogP contribution in [-0.4, -0.2) is 0 Å². The molecule has 0 nitrogen and oxygen atoms in total. The molecule has 0 fully saturated rings. The highest BCUT2D eigenvalue weighted by Gasteiger charge is 2.40. The lowest BCUT2D eigenvalue weighted by atomic mass is 9.80. The van der Waals surface area contributed by atoms with Crippen LogP contribution in [0, 0.1) is 13.8 Å². The van der Waals surface area contributed by atoms with E-state index in [-0.39, 0.29) is 10.8 Å². The van der Waals surface area contributed by atoms with Crippen LogP contribution < -0.4 is 0 Å². The molecule has 0 aliphatic heterocycles. The van der Waals surface area contributed by atoms with Crippen molar-refractivity contribution in [2.75, 3.05) is 0 Å². The Kier molecular flexibility index (Phi) is 7.87. The summed E-state index contributed by atoms with van der Waals surface area (Å²) in [4.78, 5) is 0. The number of rotatable bonds is 4. The van der Waals surface area contributed by atoms with Gasteiger partial charge in [0.2, 0.25) is 0 Å². The Bertz CT molecular complexity index is 3890. The van der Waals surface area contributed by atoms with Gasteiger partial charge in [0.1, 0.15) is 0 Å². The highest BCUT2D eigenvalue weighted by atomic mass is 14.4. The number of benzene rings is 11. The van der Waals surface area contributed by atoms with Crippen LogP contribution in [0.15, 0.2) is 194 Å². The molecule has 70 heavy (non-hydrogen) atoms. The van der Waals surface area contributed by atoms with Crippen molar-refractivity contribution < 1.29 is 0 Å². The lowest BCUT2D eigenvalue weighted by Crippen LogP contribution is -2.15. The maximum atomic E-state index is 2.51. The van der Waals surface area contributed by atoms with E-state index in [2.05, 4.69) is 236 Å². The zero-order valence-electron chi connectivity index (χ0n) is 40.5. The quantitative estimate of drug-likeness (QED) is 0.165. The van der Waals surface area contributed by atoms with E-state index >= 15 is 0 Å². The van der Waals surface area contributed by atoms with Gasteiger partial charge in [0.15, 0.2) is 0 Å². The minimum absolute atomic E-state index is 0.106. The summed E-state index contributed by atoms with van der Waals surface area (Å²) < 4.78 is 0. The maximum absolute atomic E-state index is 2.51. The van der Waals surface area contributed by atoms with Crippen molar-refractivity contribution in [3.63, 3.8) is 0 Å². The molecule has 0 unspecified atom stereocenters. The molecular formula is C70H50. The first-order valence-corrected chi connectivity index (χ1v) is 25.1. The SMILES string of the molecule is Cc1ccc(-c2c3c(c(-c4ccc(C)cc4)c4ccccc24)-c2ccc4c5c(ccc-3c25)-c2c(-c3ccc5c(c3)C(C)(C)c3ccccc3-5)ccc(-c3ccc5c(c3)C(C)(C)c3ccccc3-5)c2-4)cc1. The van der Waals surface area contributed by atoms with Crippen molar-refractivity contribution in [1.82, 2.24) is 0 Å². The van der Waals surface area contributed by atoms with Gasteiger partial charge in [-0.25, -0.2) is 0 Å². The molecule has 0 heteroatoms. The predicted octanol–water partition coefficient (Wildman–Crippen LogP) is 19.2. The third-order valence-electron chi connectivity index (χ3n) is 17.1. The van der Waals surface area contributed by atoms with Crippen LogP contribution in [0.1, 0.15) is 61.1 Å². The minimum atomic E-state index is -0.106. The topological polar surface area (TPSA) is 0 Å². The van der Waals surface area contributed by atoms with Crippen LogP contribution in [0.4, 0.5) is 0 Å². The van der Waals surface area contributed by atoms with Crippen LogP contribution in [-0.2, 0) is 10.8 Å². The third kappa shape index (κ3) is 5.11. The predicted molar refractivity (Wildman–Crippen MR) is 297 cm³/mol. The third-order valence-corrected chi connectivity index (χ3v) is 17.1. The van der Waals surface area contributed by atoms with E-state index < -0.39 is 0 Å². The van der Waals surface area contributed by atoms with Crippen molar-refractivity contribution in [3.8, 4) is 111 Å². The number of hydrogen-bond donors (Lipinski definition) is 0. The van der Waals surface area contributed by atoms with Crippen molar-refractivity contribution in [1.29, 1.82) is 0 Å². The fourth-order valence-electron chi connectivity index (χ4n) is 13.7. The summed E-state index contributed by atoms with van der Waals surface area (Å²) in [5.41, 5.74) is 34.3. The molecule has 11 aromatic carbocycles. The fraction of sp³-hybridized carbons (Fsp3) is 0.114. The van der Waals surface area contributed by atoms with Gasteiger partial charge < -0.3 is 0 Å². The van der Waals surface area contributed by atoms with Crippen LogP contribution in [0.5, 0.6) is 0 Å². The maximum Gasteiger partial charge on any atom is 0.0159 e. The van der Waals surface area contributed by atoms with Gasteiger partial charge in [0.05, 0.1) is 0 Å². The van der Waals surface area contributed by atoms with E-state index in [4.69, 9.17) is 0 Å². The molecule has 0 spiro atoms. The Hall–Kier alpha value is -8.06. The van der Waals surface area contributed by atoms with E-state index in [1.807, 2.05) is 0 Å². The smallest absolute Gasteiger partial charge is 0.0159 e. The summed E-state index contributed by atoms with van der Waals surface area (Å²) in [7, 11) is 0. The number of hydrogen-bond acceptors (Lipinski definition) is 0. The zero-order valence-corrected chi connectivity index (χ0v) is 40.5. The Morgan fingerprint density at radius 1 is 0.243 bits per heavy atom. The second-order valence-corrected chi connectivity index (χ2v) is 21.6. The van der Waals surface area contributed by atoms with E-state index in [9.17, 15) is 0 Å². The molecule has 0 N–H and O–H groups in total. The molecule has 0 amide bonds. The van der Waals surface area contributed by atoms with Gasteiger partial charge >= 0.3 is 0 Å². The Balaban J connectivity index is 1.03. The van der Waals surface area contributed by atoms with Crippen LogP contribution in [0.25, 0.3) is 133 Å². The molecule has 11 aromatic rings. The van der Waals surface area contributed by atoms with E-state index in [1.54, 1.807) is 0 Å². The van der Waals surface area contributed by atoms with Crippen LogP contribution >= 0.6 is 0 Å². The fourth-order valence-corrected chi connectivity index (χ4v) is 13.7. The summed E-state index contributed by atoms with van der Waals surface area (Å²) >= 11 is 0. The van der Waals surface area contributed by atoms with Crippen molar-refractivity contribution in [3.05, 3.63) is 228 Å². The Morgan fingerprint density at radius 2 is 0.557 bits per heavy atom. The zero-order chi connectivity index (χ0) is 46.9. The second-order valence-electron chi connectivity index (χ2n) is 21.6. The molecule has 0 atom stereocenters. The van der Waals surface area contributed by atoms with Crippen LogP contribution in [0.2, 0.25) is 0 Å². The molecule has 0 bridgehead atoms. The molecule has 0 aromatic heterocycles. The van der Waals surface area contributed by atoms with Gasteiger partial charge in [0, 0.05) is 10.8 Å². The Morgan fingerprint density at radius 3 is 0.971 bits per heavy atom. The normalized spacial score (nSPS) is 14.4. The van der Waals surface area contributed by atoms with Gasteiger partial charge in [-0.3, -0.25) is 0 Å². The largest absolute Gasteiger partial charge is 0.0619 e. The lowest BCUT2D eigenvalue weighted by Gasteiger charge is -2.23. The Labute approximate surface area is 410 Å². The summed E-state index contributed by atoms with van der Waals surface area (Å²) in [5, 5.41) is 5.31. The molecule has 0 heterocycles. The molecule has 4 aliphatic carbocycles. The summed E-state index contributed by atoms with van der Waals surface area (Å²) in [5.74, 6) is 0. The second kappa shape index (κ2) is 13.8. The van der Waals surface area contributed by atoms with Gasteiger partial charge in [-0.15, -0.1) is 0 Å². The first-order valence-electron chi connectivity index (χ1n) is 25.1. The number of fused-ring (bicyclic) bond motifs is 13.